The number of aryl methyl sites for hydroxylation is 1. The number of hydrogen-bond acceptors (Lipinski definition) is 8. The topological polar surface area (TPSA) is 134 Å². The summed E-state index contributed by atoms with van der Waals surface area (Å²) in [5, 5.41) is 17.7. The number of carbonyl (C=O) groups is 2. The number of hydrogen-bond donors (Lipinski definition) is 3. The highest BCUT2D eigenvalue weighted by Crippen LogP contribution is 2.33. The van der Waals surface area contributed by atoms with Gasteiger partial charge in [-0.2, -0.15) is 0 Å². The molecule has 0 bridgehead atoms. The van der Waals surface area contributed by atoms with E-state index in [1.807, 2.05) is 37.3 Å². The highest BCUT2D eigenvalue weighted by molar-refractivity contribution is 6.01. The van der Waals surface area contributed by atoms with Gasteiger partial charge in [0, 0.05) is 29.3 Å². The molecule has 4 atom stereocenters. The van der Waals surface area contributed by atoms with Gasteiger partial charge in [-0.1, -0.05) is 30.3 Å². The molecule has 4 heterocycles. The Morgan fingerprint density at radius 2 is 1.95 bits per heavy atom. The fourth-order valence-corrected chi connectivity index (χ4v) is 5.99. The van der Waals surface area contributed by atoms with Crippen LogP contribution >= 0.6 is 0 Å². The second-order valence-electron chi connectivity index (χ2n) is 11.1. The van der Waals surface area contributed by atoms with Gasteiger partial charge in [0.15, 0.2) is 0 Å². The third kappa shape index (κ3) is 6.00. The van der Waals surface area contributed by atoms with Crippen molar-refractivity contribution in [2.24, 2.45) is 0 Å². The molecule has 4 aromatic rings. The van der Waals surface area contributed by atoms with Gasteiger partial charge in [-0.25, -0.2) is 9.97 Å². The van der Waals surface area contributed by atoms with Crippen molar-refractivity contribution in [2.75, 3.05) is 13.1 Å². The minimum absolute atomic E-state index is 0.110. The van der Waals surface area contributed by atoms with E-state index in [0.29, 0.717) is 35.9 Å². The number of rotatable bonds is 9. The van der Waals surface area contributed by atoms with Crippen LogP contribution in [0.5, 0.6) is 0 Å². The Hall–Kier alpha value is -4.28. The molecule has 3 N–H and O–H groups in total. The number of aromatic nitrogens is 2. The Morgan fingerprint density at radius 3 is 2.67 bits per heavy atom. The molecule has 2 aliphatic rings. The molecule has 2 fully saturated rings. The summed E-state index contributed by atoms with van der Waals surface area (Å²) >= 11 is 0. The Kier molecular flexibility index (Phi) is 8.16. The van der Waals surface area contributed by atoms with Crippen LogP contribution < -0.4 is 10.6 Å². The summed E-state index contributed by atoms with van der Waals surface area (Å²) in [7, 11) is 0. The molecule has 2 saturated heterocycles. The quantitative estimate of drug-likeness (QED) is 0.275. The number of oxazole rings is 2. The normalized spacial score (nSPS) is 20.0. The van der Waals surface area contributed by atoms with E-state index in [-0.39, 0.29) is 23.6 Å². The van der Waals surface area contributed by atoms with Crippen LogP contribution in [0.2, 0.25) is 0 Å². The van der Waals surface area contributed by atoms with Gasteiger partial charge in [0.1, 0.15) is 18.6 Å². The maximum atomic E-state index is 13.9. The van der Waals surface area contributed by atoms with Gasteiger partial charge < -0.3 is 29.5 Å². The number of aliphatic hydroxyl groups is 1. The predicted octanol–water partition coefficient (Wildman–Crippen LogP) is 4.07. The van der Waals surface area contributed by atoms with Crippen molar-refractivity contribution < 1.29 is 23.5 Å². The van der Waals surface area contributed by atoms with E-state index in [0.717, 1.165) is 43.5 Å². The third-order valence-corrected chi connectivity index (χ3v) is 8.09. The molecule has 2 aliphatic heterocycles. The van der Waals surface area contributed by atoms with Crippen LogP contribution in [0.4, 0.5) is 0 Å². The van der Waals surface area contributed by atoms with Crippen LogP contribution in [0.3, 0.4) is 0 Å². The number of nitrogens with zero attached hydrogens (tertiary/aromatic N) is 3. The summed E-state index contributed by atoms with van der Waals surface area (Å²) in [6.45, 7) is 3.24. The average Bonchev–Trinajstić information content (AvgIpc) is 3.84. The molecule has 2 aromatic heterocycles. The first-order valence-electron chi connectivity index (χ1n) is 14.5. The molecule has 0 radical (unpaired) electrons. The molecule has 0 spiro atoms. The third-order valence-electron chi connectivity index (χ3n) is 8.09. The molecule has 42 heavy (non-hydrogen) atoms. The van der Waals surface area contributed by atoms with Crippen molar-refractivity contribution in [1.82, 2.24) is 25.5 Å². The molecule has 6 rings (SSSR count). The van der Waals surface area contributed by atoms with Gasteiger partial charge in [-0.3, -0.25) is 9.59 Å². The SMILES string of the molecule is Cc1coc(C2CCCN2C(=O)c2cc(C(=O)N[C@@H](Cc3ccccc3)[C@H](O)[C@H]3CCCN3)cc(-c3ncco3)c2)n1. The zero-order valence-electron chi connectivity index (χ0n) is 23.5. The Morgan fingerprint density at radius 1 is 1.12 bits per heavy atom. The fourth-order valence-electron chi connectivity index (χ4n) is 5.99. The van der Waals surface area contributed by atoms with Crippen LogP contribution in [-0.2, 0) is 6.42 Å². The second kappa shape index (κ2) is 12.3. The molecule has 2 aromatic carbocycles. The minimum Gasteiger partial charge on any atom is -0.446 e. The predicted molar refractivity (Wildman–Crippen MR) is 155 cm³/mol. The molecule has 10 nitrogen and oxygen atoms in total. The standard InChI is InChI=1S/C32H35N5O5/c1-20-19-42-31(35-20)27-10-6-13-37(27)32(40)24-17-22(16-23(18-24)30-34-12-14-41-30)29(39)36-26(15-21-7-3-2-4-8-21)28(38)25-9-5-11-33-25/h2-4,7-8,12,14,16-19,25-28,33,38H,5-6,9-11,13,15H2,1H3,(H,36,39)/t25-,26+,27?,28-/m1/s1. The van der Waals surface area contributed by atoms with Crippen LogP contribution in [0.1, 0.15) is 69.6 Å². The Balaban J connectivity index is 1.30. The second-order valence-corrected chi connectivity index (χ2v) is 11.1. The van der Waals surface area contributed by atoms with E-state index in [9.17, 15) is 14.7 Å². The molecule has 2 amide bonds. The highest BCUT2D eigenvalue weighted by Gasteiger charge is 2.35. The van der Waals surface area contributed by atoms with Gasteiger partial charge in [0.25, 0.3) is 11.8 Å². The van der Waals surface area contributed by atoms with Crippen molar-refractivity contribution in [3.63, 3.8) is 0 Å². The molecule has 0 saturated carbocycles. The lowest BCUT2D eigenvalue weighted by Gasteiger charge is -2.29. The zero-order chi connectivity index (χ0) is 29.1. The first kappa shape index (κ1) is 27.9. The molecule has 10 heteroatoms. The fraction of sp³-hybridized carbons (Fsp3) is 0.375. The number of benzene rings is 2. The maximum Gasteiger partial charge on any atom is 0.254 e. The van der Waals surface area contributed by atoms with E-state index >= 15 is 0 Å². The van der Waals surface area contributed by atoms with E-state index in [4.69, 9.17) is 8.83 Å². The lowest BCUT2D eigenvalue weighted by Crippen LogP contribution is -2.52. The van der Waals surface area contributed by atoms with Crippen LogP contribution in [0, 0.1) is 6.92 Å². The van der Waals surface area contributed by atoms with Crippen molar-refractivity contribution in [3.8, 4) is 11.5 Å². The Bertz CT molecular complexity index is 1510. The molecule has 218 valence electrons. The van der Waals surface area contributed by atoms with Gasteiger partial charge in [-0.15, -0.1) is 0 Å². The molecular formula is C32H35N5O5. The summed E-state index contributed by atoms with van der Waals surface area (Å²) in [6, 6.07) is 13.8. The summed E-state index contributed by atoms with van der Waals surface area (Å²) in [5.41, 5.74) is 2.89. The summed E-state index contributed by atoms with van der Waals surface area (Å²) in [4.78, 5) is 38.2. The zero-order valence-corrected chi connectivity index (χ0v) is 23.5. The van der Waals surface area contributed by atoms with E-state index in [1.54, 1.807) is 29.4 Å². The van der Waals surface area contributed by atoms with E-state index in [2.05, 4.69) is 20.6 Å². The maximum absolute atomic E-state index is 13.9. The largest absolute Gasteiger partial charge is 0.446 e. The Labute approximate surface area is 244 Å². The number of amides is 2. The van der Waals surface area contributed by atoms with Gasteiger partial charge >= 0.3 is 0 Å². The van der Waals surface area contributed by atoms with Crippen molar-refractivity contribution >= 4 is 11.8 Å². The van der Waals surface area contributed by atoms with Crippen LogP contribution in [-0.4, -0.2) is 63.1 Å². The number of nitrogens with one attached hydrogen (secondary N) is 2. The minimum atomic E-state index is -0.790. The van der Waals surface area contributed by atoms with Crippen molar-refractivity contribution in [1.29, 1.82) is 0 Å². The van der Waals surface area contributed by atoms with Crippen molar-refractivity contribution in [2.45, 2.75) is 63.3 Å². The number of carbonyl (C=O) groups excluding carboxylic acids is 2. The van der Waals surface area contributed by atoms with Gasteiger partial charge in [-0.05, 0) is 69.3 Å². The number of likely N-dealkylation sites (tertiary alicyclic amines) is 1. The average molecular weight is 570 g/mol. The summed E-state index contributed by atoms with van der Waals surface area (Å²) in [6.07, 6.45) is 7.60. The molecular weight excluding hydrogens is 534 g/mol. The monoisotopic (exact) mass is 569 g/mol. The van der Waals surface area contributed by atoms with E-state index < -0.39 is 18.1 Å². The van der Waals surface area contributed by atoms with Gasteiger partial charge in [0.2, 0.25) is 11.8 Å². The first-order chi connectivity index (χ1) is 20.5. The first-order valence-corrected chi connectivity index (χ1v) is 14.5. The summed E-state index contributed by atoms with van der Waals surface area (Å²) < 4.78 is 11.2. The van der Waals surface area contributed by atoms with Crippen LogP contribution in [0.15, 0.2) is 76.1 Å². The van der Waals surface area contributed by atoms with E-state index in [1.165, 1.54) is 12.5 Å². The lowest BCUT2D eigenvalue weighted by molar-refractivity contribution is 0.0715. The molecule has 1 unspecified atom stereocenters. The smallest absolute Gasteiger partial charge is 0.254 e. The highest BCUT2D eigenvalue weighted by atomic mass is 16.3. The number of aliphatic hydroxyl groups excluding tert-OH is 1. The summed E-state index contributed by atoms with van der Waals surface area (Å²) in [5.74, 6) is 0.193. The van der Waals surface area contributed by atoms with Crippen LogP contribution in [0.25, 0.3) is 11.5 Å². The van der Waals surface area contributed by atoms with Gasteiger partial charge in [0.05, 0.1) is 24.0 Å². The van der Waals surface area contributed by atoms with Crippen molar-refractivity contribution in [3.05, 3.63) is 95.5 Å². The molecule has 0 aliphatic carbocycles. The lowest BCUT2D eigenvalue weighted by atomic mass is 9.95.